The maximum atomic E-state index is 12.5. The standard InChI is InChI=1S/C25H26N6O4/c1-17(25-29-24(30-35-25)19-9-4-3-5-10-19)27-23(33)16-31-15-20(14-26-31)28-22(32)13-12-18-8-6-7-11-21(18)34-2/h3-11,14-15,17H,12-13,16H2,1-2H3,(H,27,33)(H,28,32)/t17-/m0/s1. The number of ether oxygens (including phenoxy) is 1. The molecule has 0 saturated heterocycles. The fourth-order valence-corrected chi connectivity index (χ4v) is 3.51. The number of aromatic nitrogens is 4. The highest BCUT2D eigenvalue weighted by Crippen LogP contribution is 2.20. The lowest BCUT2D eigenvalue weighted by Crippen LogP contribution is -2.30. The summed E-state index contributed by atoms with van der Waals surface area (Å²) >= 11 is 0. The Morgan fingerprint density at radius 1 is 1.09 bits per heavy atom. The lowest BCUT2D eigenvalue weighted by atomic mass is 10.1. The molecule has 0 aliphatic heterocycles. The van der Waals surface area contributed by atoms with E-state index in [0.717, 1.165) is 16.9 Å². The van der Waals surface area contributed by atoms with Crippen molar-refractivity contribution in [3.63, 3.8) is 0 Å². The van der Waals surface area contributed by atoms with Crippen LogP contribution in [0.4, 0.5) is 5.69 Å². The number of carbonyl (C=O) groups excluding carboxylic acids is 2. The zero-order valence-corrected chi connectivity index (χ0v) is 19.5. The van der Waals surface area contributed by atoms with Gasteiger partial charge in [-0.15, -0.1) is 0 Å². The van der Waals surface area contributed by atoms with Crippen LogP contribution in [0.25, 0.3) is 11.4 Å². The number of benzene rings is 2. The maximum absolute atomic E-state index is 12.5. The van der Waals surface area contributed by atoms with E-state index in [4.69, 9.17) is 9.26 Å². The van der Waals surface area contributed by atoms with Crippen LogP contribution in [0.3, 0.4) is 0 Å². The number of carbonyl (C=O) groups is 2. The van der Waals surface area contributed by atoms with Gasteiger partial charge in [0.1, 0.15) is 18.3 Å². The van der Waals surface area contributed by atoms with Gasteiger partial charge in [0.25, 0.3) is 0 Å². The quantitative estimate of drug-likeness (QED) is 0.361. The Labute approximate surface area is 202 Å². The minimum atomic E-state index is -0.475. The number of amides is 2. The number of rotatable bonds is 10. The summed E-state index contributed by atoms with van der Waals surface area (Å²) in [7, 11) is 1.61. The molecule has 0 fully saturated rings. The molecule has 0 spiro atoms. The molecule has 2 heterocycles. The van der Waals surface area contributed by atoms with Crippen LogP contribution in [0, 0.1) is 0 Å². The van der Waals surface area contributed by atoms with E-state index in [-0.39, 0.29) is 18.4 Å². The molecule has 10 nitrogen and oxygen atoms in total. The second kappa shape index (κ2) is 11.1. The minimum absolute atomic E-state index is 0.0267. The molecule has 4 aromatic rings. The van der Waals surface area contributed by atoms with Crippen molar-refractivity contribution in [1.29, 1.82) is 0 Å². The highest BCUT2D eigenvalue weighted by Gasteiger charge is 2.18. The van der Waals surface area contributed by atoms with Crippen LogP contribution < -0.4 is 15.4 Å². The monoisotopic (exact) mass is 474 g/mol. The Morgan fingerprint density at radius 2 is 1.86 bits per heavy atom. The van der Waals surface area contributed by atoms with Gasteiger partial charge in [0.15, 0.2) is 0 Å². The number of hydrogen-bond acceptors (Lipinski definition) is 7. The number of nitrogens with zero attached hydrogens (tertiary/aromatic N) is 4. The number of nitrogens with one attached hydrogen (secondary N) is 2. The molecule has 0 saturated carbocycles. The first-order valence-corrected chi connectivity index (χ1v) is 11.1. The molecule has 0 aliphatic carbocycles. The van der Waals surface area contributed by atoms with Gasteiger partial charge in [0.05, 0.1) is 19.0 Å². The molecule has 0 unspecified atom stereocenters. The van der Waals surface area contributed by atoms with Crippen molar-refractivity contribution >= 4 is 17.5 Å². The van der Waals surface area contributed by atoms with E-state index >= 15 is 0 Å². The molecule has 0 aliphatic rings. The summed E-state index contributed by atoms with van der Waals surface area (Å²) in [5, 5.41) is 13.7. The van der Waals surface area contributed by atoms with Crippen molar-refractivity contribution < 1.29 is 18.8 Å². The Balaban J connectivity index is 1.25. The Bertz CT molecular complexity index is 1280. The van der Waals surface area contributed by atoms with Gasteiger partial charge in [0.2, 0.25) is 23.5 Å². The van der Waals surface area contributed by atoms with Crippen LogP contribution >= 0.6 is 0 Å². The van der Waals surface area contributed by atoms with E-state index in [2.05, 4.69) is 25.9 Å². The van der Waals surface area contributed by atoms with Crippen LogP contribution in [0.1, 0.15) is 30.8 Å². The highest BCUT2D eigenvalue weighted by atomic mass is 16.5. The summed E-state index contributed by atoms with van der Waals surface area (Å²) in [5.41, 5.74) is 2.30. The van der Waals surface area contributed by atoms with E-state index < -0.39 is 6.04 Å². The molecule has 2 amide bonds. The van der Waals surface area contributed by atoms with Gasteiger partial charge in [-0.05, 0) is 25.0 Å². The van der Waals surface area contributed by atoms with Crippen molar-refractivity contribution in [2.45, 2.75) is 32.4 Å². The van der Waals surface area contributed by atoms with E-state index in [9.17, 15) is 9.59 Å². The smallest absolute Gasteiger partial charge is 0.249 e. The molecule has 2 aromatic heterocycles. The van der Waals surface area contributed by atoms with Crippen molar-refractivity contribution in [2.75, 3.05) is 12.4 Å². The SMILES string of the molecule is COc1ccccc1CCC(=O)Nc1cnn(CC(=O)N[C@@H](C)c2nc(-c3ccccc3)no2)c1. The summed E-state index contributed by atoms with van der Waals surface area (Å²) in [6.45, 7) is 1.73. The fourth-order valence-electron chi connectivity index (χ4n) is 3.51. The zero-order valence-electron chi connectivity index (χ0n) is 19.5. The maximum Gasteiger partial charge on any atom is 0.249 e. The number of anilines is 1. The third kappa shape index (κ3) is 6.32. The van der Waals surface area contributed by atoms with Gasteiger partial charge in [-0.2, -0.15) is 10.1 Å². The molecule has 1 atom stereocenters. The van der Waals surface area contributed by atoms with Crippen LogP contribution in [0.5, 0.6) is 5.75 Å². The minimum Gasteiger partial charge on any atom is -0.496 e. The largest absolute Gasteiger partial charge is 0.496 e. The van der Waals surface area contributed by atoms with Gasteiger partial charge in [-0.1, -0.05) is 53.7 Å². The van der Waals surface area contributed by atoms with E-state index in [1.165, 1.54) is 10.9 Å². The van der Waals surface area contributed by atoms with Gasteiger partial charge in [0, 0.05) is 18.2 Å². The second-order valence-corrected chi connectivity index (χ2v) is 7.90. The first kappa shape index (κ1) is 23.7. The summed E-state index contributed by atoms with van der Waals surface area (Å²) in [5.74, 6) is 1.08. The van der Waals surface area contributed by atoms with Gasteiger partial charge < -0.3 is 19.9 Å². The summed E-state index contributed by atoms with van der Waals surface area (Å²) < 4.78 is 12.1. The molecular weight excluding hydrogens is 448 g/mol. The van der Waals surface area contributed by atoms with Gasteiger partial charge in [-0.3, -0.25) is 14.3 Å². The fraction of sp³-hybridized carbons (Fsp3) is 0.240. The first-order chi connectivity index (χ1) is 17.0. The third-order valence-corrected chi connectivity index (χ3v) is 5.26. The average Bonchev–Trinajstić information content (AvgIpc) is 3.53. The number of para-hydroxylation sites is 1. The normalized spacial score (nSPS) is 11.6. The zero-order chi connectivity index (χ0) is 24.6. The van der Waals surface area contributed by atoms with E-state index in [0.29, 0.717) is 30.2 Å². The predicted octanol–water partition coefficient (Wildman–Crippen LogP) is 3.39. The van der Waals surface area contributed by atoms with Crippen molar-refractivity contribution in [1.82, 2.24) is 25.2 Å². The molecule has 2 N–H and O–H groups in total. The molecule has 2 aromatic carbocycles. The average molecular weight is 475 g/mol. The van der Waals surface area contributed by atoms with Crippen LogP contribution in [0.2, 0.25) is 0 Å². The molecular formula is C25H26N6O4. The third-order valence-electron chi connectivity index (χ3n) is 5.26. The van der Waals surface area contributed by atoms with Crippen LogP contribution in [-0.2, 0) is 22.6 Å². The topological polar surface area (TPSA) is 124 Å². The predicted molar refractivity (Wildman–Crippen MR) is 128 cm³/mol. The Kier molecular flexibility index (Phi) is 7.51. The van der Waals surface area contributed by atoms with Gasteiger partial charge >= 0.3 is 0 Å². The highest BCUT2D eigenvalue weighted by molar-refractivity contribution is 5.90. The van der Waals surface area contributed by atoms with E-state index in [1.54, 1.807) is 20.2 Å². The summed E-state index contributed by atoms with van der Waals surface area (Å²) in [6, 6.07) is 16.6. The number of aryl methyl sites for hydroxylation is 1. The molecule has 10 heteroatoms. The Morgan fingerprint density at radius 3 is 2.66 bits per heavy atom. The Hall–Kier alpha value is -4.47. The molecule has 180 valence electrons. The van der Waals surface area contributed by atoms with Crippen LogP contribution in [0.15, 0.2) is 71.5 Å². The first-order valence-electron chi connectivity index (χ1n) is 11.1. The van der Waals surface area contributed by atoms with Gasteiger partial charge in [-0.25, -0.2) is 0 Å². The molecule has 35 heavy (non-hydrogen) atoms. The lowest BCUT2D eigenvalue weighted by Gasteiger charge is -2.09. The second-order valence-electron chi connectivity index (χ2n) is 7.90. The number of hydrogen-bond donors (Lipinski definition) is 2. The summed E-state index contributed by atoms with van der Waals surface area (Å²) in [4.78, 5) is 29.2. The molecule has 0 bridgehead atoms. The molecule has 4 rings (SSSR count). The lowest BCUT2D eigenvalue weighted by molar-refractivity contribution is -0.122. The number of methoxy groups -OCH3 is 1. The van der Waals surface area contributed by atoms with Crippen molar-refractivity contribution in [3.8, 4) is 17.1 Å². The van der Waals surface area contributed by atoms with Crippen molar-refractivity contribution in [3.05, 3.63) is 78.4 Å². The van der Waals surface area contributed by atoms with Crippen LogP contribution in [-0.4, -0.2) is 38.8 Å². The summed E-state index contributed by atoms with van der Waals surface area (Å²) in [6.07, 6.45) is 3.94. The molecule has 0 radical (unpaired) electrons. The van der Waals surface area contributed by atoms with E-state index in [1.807, 2.05) is 54.6 Å². The van der Waals surface area contributed by atoms with Crippen molar-refractivity contribution in [2.24, 2.45) is 0 Å².